The number of ether oxygens (including phenoxy) is 2. The molecule has 5 aromatic rings. The van der Waals surface area contributed by atoms with Crippen molar-refractivity contribution in [3.63, 3.8) is 0 Å². The van der Waals surface area contributed by atoms with Gasteiger partial charge < -0.3 is 19.8 Å². The molecule has 1 heterocycles. The number of carbonyl (C=O) groups is 3. The van der Waals surface area contributed by atoms with Gasteiger partial charge >= 0.3 is 5.97 Å². The number of benzene rings is 4. The molecule has 1 unspecified atom stereocenters. The Morgan fingerprint density at radius 1 is 0.775 bits per heavy atom. The number of H-pyrrole nitrogens is 1. The zero-order chi connectivity index (χ0) is 28.1. The van der Waals surface area contributed by atoms with Crippen molar-refractivity contribution in [2.24, 2.45) is 0 Å². The normalized spacial score (nSPS) is 11.4. The first-order chi connectivity index (χ1) is 19.4. The fourth-order valence-corrected chi connectivity index (χ4v) is 4.30. The highest BCUT2D eigenvalue weighted by molar-refractivity contribution is 6.12. The smallest absolute Gasteiger partial charge is 0.339 e. The lowest BCUT2D eigenvalue weighted by molar-refractivity contribution is 0.0280. The maximum atomic E-state index is 13.4. The molecule has 0 saturated heterocycles. The summed E-state index contributed by atoms with van der Waals surface area (Å²) >= 11 is 0. The fourth-order valence-electron chi connectivity index (χ4n) is 4.30. The molecule has 1 atom stereocenters. The van der Waals surface area contributed by atoms with Crippen molar-refractivity contribution < 1.29 is 23.9 Å². The highest BCUT2D eigenvalue weighted by Gasteiger charge is 2.27. The third-order valence-corrected chi connectivity index (χ3v) is 6.29. The topological polar surface area (TPSA) is 115 Å². The number of rotatable bonds is 8. The first-order valence-electron chi connectivity index (χ1n) is 12.4. The van der Waals surface area contributed by atoms with Crippen molar-refractivity contribution in [1.82, 2.24) is 4.98 Å². The molecule has 5 rings (SSSR count). The molecule has 198 valence electrons. The second kappa shape index (κ2) is 11.5. The van der Waals surface area contributed by atoms with Crippen LogP contribution in [0.5, 0.6) is 5.75 Å². The number of para-hydroxylation sites is 1. The molecule has 0 aliphatic carbocycles. The number of anilines is 1. The average molecular weight is 533 g/mol. The van der Waals surface area contributed by atoms with Crippen LogP contribution in [0.25, 0.3) is 10.9 Å². The number of aromatic nitrogens is 1. The molecule has 8 heteroatoms. The Bertz CT molecular complexity index is 1760. The highest BCUT2D eigenvalue weighted by Crippen LogP contribution is 2.26. The molecule has 2 N–H and O–H groups in total. The number of fused-ring (bicyclic) bond motifs is 1. The van der Waals surface area contributed by atoms with Gasteiger partial charge in [-0.15, -0.1) is 0 Å². The molecule has 4 aromatic carbocycles. The Morgan fingerprint density at radius 3 is 2.25 bits per heavy atom. The summed E-state index contributed by atoms with van der Waals surface area (Å²) in [6, 6.07) is 29.7. The molecule has 1 aromatic heterocycles. The van der Waals surface area contributed by atoms with Crippen molar-refractivity contribution in [2.45, 2.75) is 6.10 Å². The molecule has 0 aliphatic rings. The van der Waals surface area contributed by atoms with Gasteiger partial charge in [-0.25, -0.2) is 4.79 Å². The van der Waals surface area contributed by atoms with E-state index < -0.39 is 29.3 Å². The maximum absolute atomic E-state index is 13.4. The Kier molecular flexibility index (Phi) is 7.50. The van der Waals surface area contributed by atoms with Gasteiger partial charge in [-0.2, -0.15) is 0 Å². The minimum absolute atomic E-state index is 0.136. The van der Waals surface area contributed by atoms with Crippen LogP contribution in [0, 0.1) is 0 Å². The molecular formula is C32H24N2O6. The summed E-state index contributed by atoms with van der Waals surface area (Å²) in [5, 5.41) is 3.32. The molecule has 0 aliphatic heterocycles. The van der Waals surface area contributed by atoms with E-state index in [2.05, 4.69) is 10.3 Å². The summed E-state index contributed by atoms with van der Waals surface area (Å²) in [7, 11) is 1.53. The number of amides is 1. The van der Waals surface area contributed by atoms with Crippen LogP contribution in [0.1, 0.15) is 42.7 Å². The van der Waals surface area contributed by atoms with Crippen LogP contribution in [0.3, 0.4) is 0 Å². The van der Waals surface area contributed by atoms with E-state index in [0.717, 1.165) is 0 Å². The lowest BCUT2D eigenvalue weighted by Gasteiger charge is -2.18. The molecular weight excluding hydrogens is 508 g/mol. The number of pyridine rings is 1. The lowest BCUT2D eigenvalue weighted by Crippen LogP contribution is -2.21. The molecule has 1 amide bonds. The zero-order valence-corrected chi connectivity index (χ0v) is 21.4. The number of esters is 1. The highest BCUT2D eigenvalue weighted by atomic mass is 16.5. The SMILES string of the molecule is COc1ccc(C(=O)C(OC(=O)c2cccc(NC(=O)c3cc(=O)[nH]c4ccccc34)c2)c2ccccc2)cc1. The van der Waals surface area contributed by atoms with E-state index in [9.17, 15) is 19.2 Å². The number of hydrogen-bond donors (Lipinski definition) is 2. The first-order valence-corrected chi connectivity index (χ1v) is 12.4. The second-order valence-electron chi connectivity index (χ2n) is 8.92. The third-order valence-electron chi connectivity index (χ3n) is 6.29. The van der Waals surface area contributed by atoms with E-state index in [4.69, 9.17) is 9.47 Å². The van der Waals surface area contributed by atoms with Crippen molar-refractivity contribution in [3.05, 3.63) is 142 Å². The monoisotopic (exact) mass is 532 g/mol. The Morgan fingerprint density at radius 2 is 1.50 bits per heavy atom. The van der Waals surface area contributed by atoms with E-state index >= 15 is 0 Å². The van der Waals surface area contributed by atoms with Crippen LogP contribution >= 0.6 is 0 Å². The standard InChI is InChI=1S/C32H24N2O6/c1-39-24-16-14-20(15-17-24)29(36)30(21-8-3-2-4-9-21)40-32(38)22-10-7-11-23(18-22)33-31(37)26-19-28(35)34-27-13-6-5-12-25(26)27/h2-19,30H,1H3,(H,33,37)(H,34,35). The minimum Gasteiger partial charge on any atom is -0.497 e. The van der Waals surface area contributed by atoms with Gasteiger partial charge in [0.1, 0.15) is 5.75 Å². The third kappa shape index (κ3) is 5.66. The van der Waals surface area contributed by atoms with Gasteiger partial charge in [-0.05, 0) is 48.5 Å². The number of carbonyl (C=O) groups excluding carboxylic acids is 3. The number of aromatic amines is 1. The number of methoxy groups -OCH3 is 1. The summed E-state index contributed by atoms with van der Waals surface area (Å²) in [5.74, 6) is -1.05. The summed E-state index contributed by atoms with van der Waals surface area (Å²) in [4.78, 5) is 54.5. The predicted molar refractivity (Wildman–Crippen MR) is 151 cm³/mol. The largest absolute Gasteiger partial charge is 0.497 e. The van der Waals surface area contributed by atoms with E-state index in [1.165, 1.54) is 25.3 Å². The molecule has 0 fully saturated rings. The number of nitrogens with one attached hydrogen (secondary N) is 2. The quantitative estimate of drug-likeness (QED) is 0.199. The van der Waals surface area contributed by atoms with E-state index in [-0.39, 0.29) is 11.1 Å². The molecule has 0 bridgehead atoms. The van der Waals surface area contributed by atoms with E-state index in [0.29, 0.717) is 33.5 Å². The van der Waals surface area contributed by atoms with Gasteiger partial charge in [-0.1, -0.05) is 54.6 Å². The van der Waals surface area contributed by atoms with Crippen molar-refractivity contribution >= 4 is 34.3 Å². The Labute approximate surface area is 229 Å². The summed E-state index contributed by atoms with van der Waals surface area (Å²) in [6.07, 6.45) is -1.19. The van der Waals surface area contributed by atoms with Crippen molar-refractivity contribution in [2.75, 3.05) is 12.4 Å². The first kappa shape index (κ1) is 26.1. The summed E-state index contributed by atoms with van der Waals surface area (Å²) < 4.78 is 10.9. The van der Waals surface area contributed by atoms with Gasteiger partial charge in [0.15, 0.2) is 6.10 Å². The number of hydrogen-bond acceptors (Lipinski definition) is 6. The zero-order valence-electron chi connectivity index (χ0n) is 21.4. The molecule has 0 spiro atoms. The molecule has 0 saturated carbocycles. The van der Waals surface area contributed by atoms with E-state index in [1.807, 2.05) is 0 Å². The Hall–Kier alpha value is -5.50. The van der Waals surface area contributed by atoms with Crippen LogP contribution < -0.4 is 15.6 Å². The van der Waals surface area contributed by atoms with Gasteiger partial charge in [0.25, 0.3) is 5.91 Å². The summed E-state index contributed by atoms with van der Waals surface area (Å²) in [5.41, 5.74) is 1.65. The Balaban J connectivity index is 1.39. The second-order valence-corrected chi connectivity index (χ2v) is 8.92. The van der Waals surface area contributed by atoms with Gasteiger partial charge in [0.05, 0.1) is 18.2 Å². The number of Topliss-reactive ketones (excluding diaryl/α,β-unsaturated/α-hetero) is 1. The average Bonchev–Trinajstić information content (AvgIpc) is 2.99. The summed E-state index contributed by atoms with van der Waals surface area (Å²) in [6.45, 7) is 0. The molecule has 0 radical (unpaired) electrons. The maximum Gasteiger partial charge on any atom is 0.339 e. The van der Waals surface area contributed by atoms with Crippen molar-refractivity contribution in [3.8, 4) is 5.75 Å². The minimum atomic E-state index is -1.19. The predicted octanol–water partition coefficient (Wildman–Crippen LogP) is 5.57. The lowest BCUT2D eigenvalue weighted by atomic mass is 9.99. The van der Waals surface area contributed by atoms with Crippen LogP contribution in [0.2, 0.25) is 0 Å². The van der Waals surface area contributed by atoms with Crippen LogP contribution in [0.4, 0.5) is 5.69 Å². The van der Waals surface area contributed by atoms with Crippen molar-refractivity contribution in [1.29, 1.82) is 0 Å². The molecule has 40 heavy (non-hydrogen) atoms. The van der Waals surface area contributed by atoms with Gasteiger partial charge in [0, 0.05) is 33.8 Å². The van der Waals surface area contributed by atoms with Crippen LogP contribution in [-0.4, -0.2) is 29.8 Å². The number of ketones is 1. The van der Waals surface area contributed by atoms with E-state index in [1.54, 1.807) is 91.0 Å². The van der Waals surface area contributed by atoms with Crippen LogP contribution in [0.15, 0.2) is 114 Å². The van der Waals surface area contributed by atoms with Crippen LogP contribution in [-0.2, 0) is 4.74 Å². The fraction of sp³-hybridized carbons (Fsp3) is 0.0625. The van der Waals surface area contributed by atoms with Gasteiger partial charge in [0.2, 0.25) is 11.3 Å². The van der Waals surface area contributed by atoms with Gasteiger partial charge in [-0.3, -0.25) is 14.4 Å². The molecule has 8 nitrogen and oxygen atoms in total.